The molecule has 0 bridgehead atoms. The predicted molar refractivity (Wildman–Crippen MR) is 114 cm³/mol. The normalized spacial score (nSPS) is 11.2. The molecule has 0 atom stereocenters. The highest BCUT2D eigenvalue weighted by atomic mass is 35.5. The summed E-state index contributed by atoms with van der Waals surface area (Å²) in [6, 6.07) is 15.4. The van der Waals surface area contributed by atoms with Crippen molar-refractivity contribution in [3.63, 3.8) is 0 Å². The molecule has 0 radical (unpaired) electrons. The number of sulfonamides is 1. The molecule has 1 aromatic heterocycles. The van der Waals surface area contributed by atoms with Gasteiger partial charge in [-0.05, 0) is 48.2 Å². The van der Waals surface area contributed by atoms with Crippen molar-refractivity contribution < 1.29 is 13.2 Å². The van der Waals surface area contributed by atoms with Gasteiger partial charge < -0.3 is 5.32 Å². The molecule has 1 heterocycles. The summed E-state index contributed by atoms with van der Waals surface area (Å²) in [5.74, 6) is -0.328. The van der Waals surface area contributed by atoms with Gasteiger partial charge in [-0.2, -0.15) is 0 Å². The fraction of sp³-hybridized carbons (Fsp3) is 0.150. The van der Waals surface area contributed by atoms with Gasteiger partial charge in [0.2, 0.25) is 0 Å². The van der Waals surface area contributed by atoms with Gasteiger partial charge in [0.25, 0.3) is 15.9 Å². The van der Waals surface area contributed by atoms with Crippen molar-refractivity contribution in [2.75, 3.05) is 11.4 Å². The largest absolute Gasteiger partial charge is 0.347 e. The van der Waals surface area contributed by atoms with Crippen molar-refractivity contribution in [3.8, 4) is 0 Å². The van der Waals surface area contributed by atoms with Crippen LogP contribution in [-0.2, 0) is 16.6 Å². The van der Waals surface area contributed by atoms with Gasteiger partial charge in [0.1, 0.15) is 4.88 Å². The van der Waals surface area contributed by atoms with E-state index in [4.69, 9.17) is 11.6 Å². The maximum absolute atomic E-state index is 12.9. The van der Waals surface area contributed by atoms with Gasteiger partial charge >= 0.3 is 0 Å². The molecule has 0 unspecified atom stereocenters. The Morgan fingerprint density at radius 3 is 2.36 bits per heavy atom. The van der Waals surface area contributed by atoms with Crippen LogP contribution in [0.2, 0.25) is 5.02 Å². The summed E-state index contributed by atoms with van der Waals surface area (Å²) in [5, 5.41) is 5.15. The van der Waals surface area contributed by atoms with E-state index < -0.39 is 10.0 Å². The predicted octanol–water partition coefficient (Wildman–Crippen LogP) is 4.47. The summed E-state index contributed by atoms with van der Waals surface area (Å²) in [4.78, 5) is 13.2. The Morgan fingerprint density at radius 1 is 1.07 bits per heavy atom. The average molecular weight is 435 g/mol. The highest BCUT2D eigenvalue weighted by molar-refractivity contribution is 7.92. The number of amides is 1. The summed E-state index contributed by atoms with van der Waals surface area (Å²) < 4.78 is 27.0. The maximum Gasteiger partial charge on any atom is 0.264 e. The van der Waals surface area contributed by atoms with Crippen molar-refractivity contribution in [2.24, 2.45) is 0 Å². The first kappa shape index (κ1) is 20.4. The van der Waals surface area contributed by atoms with Crippen LogP contribution in [0.3, 0.4) is 0 Å². The van der Waals surface area contributed by atoms with Crippen LogP contribution < -0.4 is 9.62 Å². The monoisotopic (exact) mass is 434 g/mol. The minimum atomic E-state index is -3.76. The third-order valence-corrected chi connectivity index (χ3v) is 7.18. The third-order valence-electron chi connectivity index (χ3n) is 4.24. The van der Waals surface area contributed by atoms with Gasteiger partial charge in [0.05, 0.1) is 10.6 Å². The van der Waals surface area contributed by atoms with Crippen LogP contribution in [0.1, 0.15) is 20.8 Å². The van der Waals surface area contributed by atoms with Crippen molar-refractivity contribution in [2.45, 2.75) is 18.4 Å². The molecule has 5 nitrogen and oxygen atoms in total. The van der Waals surface area contributed by atoms with Crippen LogP contribution in [0.25, 0.3) is 0 Å². The number of thiophene rings is 1. The van der Waals surface area contributed by atoms with Gasteiger partial charge in [-0.25, -0.2) is 8.42 Å². The minimum absolute atomic E-state index is 0.180. The van der Waals surface area contributed by atoms with E-state index in [1.165, 1.54) is 18.4 Å². The molecule has 0 fully saturated rings. The van der Waals surface area contributed by atoms with E-state index in [0.717, 1.165) is 15.4 Å². The molecular formula is C20H19ClN2O3S2. The molecule has 0 aliphatic heterocycles. The third kappa shape index (κ3) is 4.38. The van der Waals surface area contributed by atoms with E-state index in [9.17, 15) is 13.2 Å². The molecular weight excluding hydrogens is 416 g/mol. The molecule has 0 saturated carbocycles. The lowest BCUT2D eigenvalue weighted by atomic mass is 10.2. The molecule has 8 heteroatoms. The first-order valence-electron chi connectivity index (χ1n) is 8.45. The number of hydrogen-bond donors (Lipinski definition) is 1. The van der Waals surface area contributed by atoms with Gasteiger partial charge in [-0.1, -0.05) is 41.4 Å². The quantitative estimate of drug-likeness (QED) is 0.622. The van der Waals surface area contributed by atoms with E-state index in [1.807, 2.05) is 19.1 Å². The second-order valence-electron chi connectivity index (χ2n) is 6.23. The lowest BCUT2D eigenvalue weighted by Crippen LogP contribution is -2.29. The summed E-state index contributed by atoms with van der Waals surface area (Å²) >= 11 is 7.06. The second kappa shape index (κ2) is 8.34. The molecule has 3 rings (SSSR count). The van der Waals surface area contributed by atoms with Crippen LogP contribution in [0.4, 0.5) is 5.69 Å². The molecule has 1 N–H and O–H groups in total. The van der Waals surface area contributed by atoms with Gasteiger partial charge in [0, 0.05) is 18.6 Å². The zero-order valence-electron chi connectivity index (χ0n) is 15.3. The van der Waals surface area contributed by atoms with Crippen LogP contribution in [-0.4, -0.2) is 21.4 Å². The van der Waals surface area contributed by atoms with E-state index in [-0.39, 0.29) is 10.8 Å². The lowest BCUT2D eigenvalue weighted by Gasteiger charge is -2.20. The molecule has 0 aliphatic carbocycles. The van der Waals surface area contributed by atoms with E-state index in [0.29, 0.717) is 22.1 Å². The topological polar surface area (TPSA) is 66.5 Å². The van der Waals surface area contributed by atoms with E-state index in [2.05, 4.69) is 5.32 Å². The Labute approximate surface area is 173 Å². The molecule has 0 saturated heterocycles. The van der Waals surface area contributed by atoms with Crippen molar-refractivity contribution >= 4 is 44.6 Å². The highest BCUT2D eigenvalue weighted by Gasteiger charge is 2.26. The summed E-state index contributed by atoms with van der Waals surface area (Å²) in [6.45, 7) is 2.21. The van der Waals surface area contributed by atoms with Crippen molar-refractivity contribution in [3.05, 3.63) is 81.0 Å². The standard InChI is InChI=1S/C20H19ClN2O3S2/c1-14-3-9-17(10-4-14)28(25,26)23(2)18-11-12-27-19(18)20(24)22-13-15-5-7-16(21)8-6-15/h3-12H,13H2,1-2H3,(H,22,24). The van der Waals surface area contributed by atoms with Gasteiger partial charge in [0.15, 0.2) is 0 Å². The summed E-state index contributed by atoms with van der Waals surface area (Å²) in [5.41, 5.74) is 2.22. The number of anilines is 1. The molecule has 28 heavy (non-hydrogen) atoms. The zero-order valence-corrected chi connectivity index (χ0v) is 17.7. The number of hydrogen-bond acceptors (Lipinski definition) is 4. The Balaban J connectivity index is 1.79. The van der Waals surface area contributed by atoms with Gasteiger partial charge in [-0.15, -0.1) is 11.3 Å². The SMILES string of the molecule is Cc1ccc(S(=O)(=O)N(C)c2ccsc2C(=O)NCc2ccc(Cl)cc2)cc1. The number of halogens is 1. The Morgan fingerprint density at radius 2 is 1.71 bits per heavy atom. The fourth-order valence-electron chi connectivity index (χ4n) is 2.58. The maximum atomic E-state index is 12.9. The first-order chi connectivity index (χ1) is 13.3. The molecule has 146 valence electrons. The number of aryl methyl sites for hydroxylation is 1. The Bertz CT molecular complexity index is 1080. The average Bonchev–Trinajstić information content (AvgIpc) is 3.16. The molecule has 0 aliphatic rings. The van der Waals surface area contributed by atoms with Crippen LogP contribution in [0, 0.1) is 6.92 Å². The number of carbonyl (C=O) groups excluding carboxylic acids is 1. The van der Waals surface area contributed by atoms with Crippen molar-refractivity contribution in [1.29, 1.82) is 0 Å². The number of carbonyl (C=O) groups is 1. The van der Waals surface area contributed by atoms with Crippen molar-refractivity contribution in [1.82, 2.24) is 5.32 Å². The highest BCUT2D eigenvalue weighted by Crippen LogP contribution is 2.30. The van der Waals surface area contributed by atoms with E-state index >= 15 is 0 Å². The summed E-state index contributed by atoms with van der Waals surface area (Å²) in [6.07, 6.45) is 0. The van der Waals surface area contributed by atoms with Crippen LogP contribution >= 0.6 is 22.9 Å². The number of benzene rings is 2. The van der Waals surface area contributed by atoms with Crippen LogP contribution in [0.15, 0.2) is 64.9 Å². The molecule has 1 amide bonds. The minimum Gasteiger partial charge on any atom is -0.347 e. The van der Waals surface area contributed by atoms with E-state index in [1.54, 1.807) is 47.8 Å². The molecule has 2 aromatic carbocycles. The molecule has 3 aromatic rings. The Kier molecular flexibility index (Phi) is 6.07. The lowest BCUT2D eigenvalue weighted by molar-refractivity contribution is 0.0955. The summed E-state index contributed by atoms with van der Waals surface area (Å²) in [7, 11) is -2.31. The van der Waals surface area contributed by atoms with Gasteiger partial charge in [-0.3, -0.25) is 9.10 Å². The first-order valence-corrected chi connectivity index (χ1v) is 11.1. The number of rotatable bonds is 6. The Hall–Kier alpha value is -2.35. The second-order valence-corrected chi connectivity index (χ2v) is 9.55. The zero-order chi connectivity index (χ0) is 20.3. The number of nitrogens with zero attached hydrogens (tertiary/aromatic N) is 1. The molecule has 0 spiro atoms. The van der Waals surface area contributed by atoms with Crippen LogP contribution in [0.5, 0.6) is 0 Å². The number of nitrogens with one attached hydrogen (secondary N) is 1. The smallest absolute Gasteiger partial charge is 0.264 e. The fourth-order valence-corrected chi connectivity index (χ4v) is 4.81.